The Morgan fingerprint density at radius 3 is 0.947 bits per heavy atom. The van der Waals surface area contributed by atoms with Crippen LogP contribution in [0.4, 0.5) is 0 Å². The van der Waals surface area contributed by atoms with E-state index < -0.39 is 0 Å². The van der Waals surface area contributed by atoms with Crippen LogP contribution in [0.1, 0.15) is 49.5 Å². The molecule has 0 aliphatic carbocycles. The highest BCUT2D eigenvalue weighted by Crippen LogP contribution is 1.69. The Hall–Kier alpha value is -0.610. The van der Waals surface area contributed by atoms with Gasteiger partial charge in [0.2, 0.25) is 5.91 Å². The van der Waals surface area contributed by atoms with Crippen molar-refractivity contribution in [3.05, 3.63) is 0 Å². The second-order valence-electron chi connectivity index (χ2n) is 3.87. The predicted molar refractivity (Wildman–Crippen MR) is 93.1 cm³/mol. The number of rotatable bonds is 0. The third-order valence-electron chi connectivity index (χ3n) is 0.630. The van der Waals surface area contributed by atoms with Gasteiger partial charge in [-0.25, -0.2) is 0 Å². The summed E-state index contributed by atoms with van der Waals surface area (Å²) >= 11 is 0. The number of carbonyl (C=O) groups excluding carboxylic acids is 1. The van der Waals surface area contributed by atoms with Crippen molar-refractivity contribution in [3.8, 4) is 0 Å². The smallest absolute Gasteiger partial charge is 0.218 e. The second-order valence-corrected chi connectivity index (χ2v) is 3.87. The van der Waals surface area contributed by atoms with Crippen LogP contribution in [0, 0.1) is 0 Å². The van der Waals surface area contributed by atoms with E-state index in [1.165, 1.54) is 18.2 Å². The molecule has 0 radical (unpaired) electrons. The van der Waals surface area contributed by atoms with E-state index in [9.17, 15) is 4.79 Å². The highest BCUT2D eigenvalue weighted by molar-refractivity contribution is 5.72. The van der Waals surface area contributed by atoms with Crippen molar-refractivity contribution in [2.75, 3.05) is 49.5 Å². The molecule has 0 aromatic carbocycles. The van der Waals surface area contributed by atoms with Crippen molar-refractivity contribution in [3.63, 3.8) is 0 Å². The maximum atomic E-state index is 10.1. The van der Waals surface area contributed by atoms with E-state index >= 15 is 0 Å². The molecule has 0 unspecified atom stereocenters. The van der Waals surface area contributed by atoms with Crippen molar-refractivity contribution >= 4 is 5.91 Å². The Labute approximate surface area is 125 Å². The molecule has 19 heavy (non-hydrogen) atoms. The Balaban J connectivity index is -0.0000000200. The van der Waals surface area contributed by atoms with Crippen LogP contribution < -0.4 is 0 Å². The fourth-order valence-corrected chi connectivity index (χ4v) is 0. The molecule has 0 fully saturated rings. The minimum Gasteiger partial charge on any atom is -0.388 e. The summed E-state index contributed by atoms with van der Waals surface area (Å²) in [5.41, 5.74) is 0. The van der Waals surface area contributed by atoms with Crippen LogP contribution >= 0.6 is 0 Å². The summed E-state index contributed by atoms with van der Waals surface area (Å²) < 4.78 is 4.25. The van der Waals surface area contributed by atoms with E-state index in [0.29, 0.717) is 0 Å². The largest absolute Gasteiger partial charge is 0.388 e. The summed E-state index contributed by atoms with van der Waals surface area (Å²) in [6, 6.07) is 0. The molecular weight excluding hydrogens is 240 g/mol. The van der Waals surface area contributed by atoms with Crippen LogP contribution in [0.2, 0.25) is 0 Å². The van der Waals surface area contributed by atoms with Gasteiger partial charge < -0.3 is 14.5 Å². The van der Waals surface area contributed by atoms with Gasteiger partial charge in [0, 0.05) is 35.2 Å². The highest BCUT2D eigenvalue weighted by Gasteiger charge is 1.87. The monoisotopic (exact) mass is 284 g/mol. The summed E-state index contributed by atoms with van der Waals surface area (Å²) in [6.07, 6.45) is 1.25. The number of amides is 1. The van der Waals surface area contributed by atoms with Gasteiger partial charge in [0.05, 0.1) is 0 Å². The third-order valence-corrected chi connectivity index (χ3v) is 0.630. The molecule has 0 saturated carbocycles. The number of methoxy groups -OCH3 is 1. The summed E-state index contributed by atoms with van der Waals surface area (Å²) in [6.45, 7) is 5.78. The van der Waals surface area contributed by atoms with E-state index in [-0.39, 0.29) is 28.2 Å². The van der Waals surface area contributed by atoms with Crippen molar-refractivity contribution in [1.29, 1.82) is 0 Å². The van der Waals surface area contributed by atoms with E-state index in [4.69, 9.17) is 0 Å². The Morgan fingerprint density at radius 2 is 0.947 bits per heavy atom. The maximum absolute atomic E-state index is 10.1. The van der Waals surface area contributed by atoms with Gasteiger partial charge in [-0.2, -0.15) is 0 Å². The minimum atomic E-state index is 0. The zero-order chi connectivity index (χ0) is 14.1. The Kier molecular flexibility index (Phi) is 97.6. The molecule has 0 N–H and O–H groups in total. The molecule has 0 aromatic rings. The lowest BCUT2D eigenvalue weighted by molar-refractivity contribution is -0.126. The van der Waals surface area contributed by atoms with E-state index in [1.54, 1.807) is 28.3 Å². The van der Waals surface area contributed by atoms with Crippen molar-refractivity contribution in [2.24, 2.45) is 0 Å². The molecule has 4 heteroatoms. The number of hydrogen-bond acceptors (Lipinski definition) is 3. The zero-order valence-corrected chi connectivity index (χ0v) is 12.9. The topological polar surface area (TPSA) is 32.8 Å². The van der Waals surface area contributed by atoms with Gasteiger partial charge in [0.1, 0.15) is 0 Å². The van der Waals surface area contributed by atoms with Gasteiger partial charge in [0.25, 0.3) is 0 Å². The SMILES string of the molecule is C.C.C.CC(=O)N(C)C.CCC.CN(C)C.COC. The molecule has 0 aliphatic rings. The number of hydrogen-bond donors (Lipinski definition) is 0. The summed E-state index contributed by atoms with van der Waals surface area (Å²) in [4.78, 5) is 13.6. The van der Waals surface area contributed by atoms with Crippen LogP contribution in [-0.4, -0.2) is 65.2 Å². The molecule has 4 nitrogen and oxygen atoms in total. The van der Waals surface area contributed by atoms with Crippen molar-refractivity contribution in [2.45, 2.75) is 49.5 Å². The molecule has 0 saturated heterocycles. The molecule has 0 atom stereocenters. The summed E-state index contributed by atoms with van der Waals surface area (Å²) in [7, 11) is 12.7. The standard InChI is InChI=1S/C4H9NO.C3H9N.C3H8.C2H6O.3CH4/c1-4(6)5(2)3;1-4(2)3;2*1-3-2;;;/h1-3H3;1-3H3;3H2,1-2H3;1-2H3;3*1H4. The van der Waals surface area contributed by atoms with Crippen molar-refractivity contribution < 1.29 is 9.53 Å². The first kappa shape index (κ1) is 42.9. The van der Waals surface area contributed by atoms with Crippen LogP contribution in [0.15, 0.2) is 0 Å². The van der Waals surface area contributed by atoms with Crippen LogP contribution in [-0.2, 0) is 9.53 Å². The quantitative estimate of drug-likeness (QED) is 0.677. The van der Waals surface area contributed by atoms with Crippen LogP contribution in [0.25, 0.3) is 0 Å². The lowest BCUT2D eigenvalue weighted by Crippen LogP contribution is -2.17. The molecule has 0 aromatic heterocycles. The summed E-state index contributed by atoms with van der Waals surface area (Å²) in [5, 5.41) is 0. The van der Waals surface area contributed by atoms with Gasteiger partial charge >= 0.3 is 0 Å². The van der Waals surface area contributed by atoms with Gasteiger partial charge in [-0.3, -0.25) is 4.79 Å². The normalized spacial score (nSPS) is 6.26. The first-order valence-corrected chi connectivity index (χ1v) is 5.39. The lowest BCUT2D eigenvalue weighted by atomic mass is 10.6. The second kappa shape index (κ2) is 43.3. The van der Waals surface area contributed by atoms with Crippen LogP contribution in [0.5, 0.6) is 0 Å². The first-order chi connectivity index (χ1) is 7.20. The number of ether oxygens (including phenoxy) is 1. The molecule has 0 heterocycles. The highest BCUT2D eigenvalue weighted by atomic mass is 16.4. The first-order valence-electron chi connectivity index (χ1n) is 5.39. The van der Waals surface area contributed by atoms with Crippen LogP contribution in [0.3, 0.4) is 0 Å². The lowest BCUT2D eigenvalue weighted by Gasteiger charge is -2.02. The maximum Gasteiger partial charge on any atom is 0.218 e. The Bertz CT molecular complexity index is 112. The fraction of sp³-hybridized carbons (Fsp3) is 0.933. The molecule has 0 spiro atoms. The van der Waals surface area contributed by atoms with E-state index in [2.05, 4.69) is 18.6 Å². The fourth-order valence-electron chi connectivity index (χ4n) is 0. The average Bonchev–Trinajstić information content (AvgIpc) is 2.05. The third kappa shape index (κ3) is 358. The number of carbonyl (C=O) groups is 1. The van der Waals surface area contributed by atoms with Gasteiger partial charge in [-0.1, -0.05) is 42.5 Å². The van der Waals surface area contributed by atoms with E-state index in [0.717, 1.165) is 0 Å². The molecule has 0 bridgehead atoms. The number of nitrogens with zero attached hydrogens (tertiary/aromatic N) is 2. The Morgan fingerprint density at radius 1 is 0.895 bits per heavy atom. The predicted octanol–water partition coefficient (Wildman–Crippen LogP) is 3.86. The van der Waals surface area contributed by atoms with Gasteiger partial charge in [-0.05, 0) is 21.1 Å². The van der Waals surface area contributed by atoms with Gasteiger partial charge in [0.15, 0.2) is 0 Å². The zero-order valence-electron chi connectivity index (χ0n) is 12.9. The molecule has 1 amide bonds. The molecule has 0 aliphatic heterocycles. The van der Waals surface area contributed by atoms with Gasteiger partial charge in [-0.15, -0.1) is 0 Å². The molecule has 126 valence electrons. The minimum absolute atomic E-state index is 0. The molecule has 0 rings (SSSR count). The van der Waals surface area contributed by atoms with E-state index in [1.807, 2.05) is 26.0 Å². The summed E-state index contributed by atoms with van der Waals surface area (Å²) in [5.74, 6) is 0.0926. The average molecular weight is 285 g/mol. The van der Waals surface area contributed by atoms with Crippen molar-refractivity contribution in [1.82, 2.24) is 9.80 Å². The molecular formula is C15H44N2O2.